The van der Waals surface area contributed by atoms with Crippen LogP contribution in [-0.2, 0) is 22.3 Å². The molecule has 0 amide bonds. The maximum Gasteiger partial charge on any atom is 0.509 e. The van der Waals surface area contributed by atoms with Crippen LogP contribution in [0, 0.1) is 0 Å². The zero-order valence-corrected chi connectivity index (χ0v) is 17.6. The molecule has 0 aromatic heterocycles. The Balaban J connectivity index is 1.96. The molecule has 0 heterocycles. The number of methoxy groups -OCH3 is 2. The molecule has 152 valence electrons. The Bertz CT molecular complexity index is 730. The number of carbonyl (C=O) groups is 1. The SMILES string of the molecule is COc1cccc(CC(C)(C)OC(=O)OC(C)(C)Cc2cccc(OC)c2)c1. The Kier molecular flexibility index (Phi) is 6.95. The highest BCUT2D eigenvalue weighted by molar-refractivity contribution is 5.61. The standard InChI is InChI=1S/C23H30O5/c1-22(2,15-17-9-7-11-19(13-17)25-5)27-21(24)28-23(3,4)16-18-10-8-12-20(14-18)26-6/h7-14H,15-16H2,1-6H3. The van der Waals surface area contributed by atoms with Crippen LogP contribution in [-0.4, -0.2) is 31.6 Å². The summed E-state index contributed by atoms with van der Waals surface area (Å²) in [6.45, 7) is 7.46. The molecule has 0 atom stereocenters. The minimum absolute atomic E-state index is 0.551. The summed E-state index contributed by atoms with van der Waals surface area (Å²) in [5.74, 6) is 1.55. The van der Waals surface area contributed by atoms with Gasteiger partial charge in [-0.15, -0.1) is 0 Å². The van der Waals surface area contributed by atoms with Gasteiger partial charge in [-0.05, 0) is 63.1 Å². The van der Waals surface area contributed by atoms with Crippen LogP contribution < -0.4 is 9.47 Å². The molecule has 2 rings (SSSR count). The highest BCUT2D eigenvalue weighted by Gasteiger charge is 2.30. The number of rotatable bonds is 8. The van der Waals surface area contributed by atoms with E-state index in [1.54, 1.807) is 14.2 Å². The van der Waals surface area contributed by atoms with E-state index in [1.807, 2.05) is 76.2 Å². The van der Waals surface area contributed by atoms with Gasteiger partial charge in [-0.3, -0.25) is 0 Å². The molecule has 0 N–H and O–H groups in total. The third-order valence-corrected chi connectivity index (χ3v) is 4.25. The van der Waals surface area contributed by atoms with Gasteiger partial charge < -0.3 is 18.9 Å². The van der Waals surface area contributed by atoms with E-state index < -0.39 is 17.4 Å². The fraction of sp³-hybridized carbons (Fsp3) is 0.435. The topological polar surface area (TPSA) is 54.0 Å². The van der Waals surface area contributed by atoms with Crippen LogP contribution in [0.2, 0.25) is 0 Å². The van der Waals surface area contributed by atoms with Crippen molar-refractivity contribution in [3.63, 3.8) is 0 Å². The van der Waals surface area contributed by atoms with Crippen molar-refractivity contribution in [2.75, 3.05) is 14.2 Å². The quantitative estimate of drug-likeness (QED) is 0.584. The maximum atomic E-state index is 12.4. The average Bonchev–Trinajstić information content (AvgIpc) is 2.59. The molecule has 0 aliphatic carbocycles. The first-order chi connectivity index (χ1) is 13.1. The van der Waals surface area contributed by atoms with Gasteiger partial charge in [0.1, 0.15) is 22.7 Å². The van der Waals surface area contributed by atoms with Gasteiger partial charge in [0, 0.05) is 12.8 Å². The summed E-state index contributed by atoms with van der Waals surface area (Å²) in [6.07, 6.45) is 0.423. The van der Waals surface area contributed by atoms with Crippen LogP contribution in [0.4, 0.5) is 4.79 Å². The molecule has 0 aliphatic rings. The fourth-order valence-corrected chi connectivity index (χ4v) is 3.09. The molecule has 0 aliphatic heterocycles. The van der Waals surface area contributed by atoms with Crippen LogP contribution in [0.1, 0.15) is 38.8 Å². The maximum absolute atomic E-state index is 12.4. The van der Waals surface area contributed by atoms with Crippen LogP contribution in [0.3, 0.4) is 0 Å². The van der Waals surface area contributed by atoms with E-state index in [4.69, 9.17) is 18.9 Å². The fourth-order valence-electron chi connectivity index (χ4n) is 3.09. The van der Waals surface area contributed by atoms with Crippen molar-refractivity contribution in [3.8, 4) is 11.5 Å². The van der Waals surface area contributed by atoms with Crippen molar-refractivity contribution < 1.29 is 23.7 Å². The van der Waals surface area contributed by atoms with Crippen molar-refractivity contribution in [2.24, 2.45) is 0 Å². The molecule has 5 nitrogen and oxygen atoms in total. The first-order valence-corrected chi connectivity index (χ1v) is 9.30. The first kappa shape index (κ1) is 21.6. The zero-order valence-electron chi connectivity index (χ0n) is 17.6. The van der Waals surface area contributed by atoms with E-state index in [2.05, 4.69) is 0 Å². The Morgan fingerprint density at radius 2 is 1.14 bits per heavy atom. The number of ether oxygens (including phenoxy) is 4. The monoisotopic (exact) mass is 386 g/mol. The summed E-state index contributed by atoms with van der Waals surface area (Å²) >= 11 is 0. The van der Waals surface area contributed by atoms with Gasteiger partial charge in [0.15, 0.2) is 0 Å². The molecule has 5 heteroatoms. The second-order valence-electron chi connectivity index (χ2n) is 8.03. The highest BCUT2D eigenvalue weighted by Crippen LogP contribution is 2.24. The molecule has 0 fully saturated rings. The van der Waals surface area contributed by atoms with Crippen LogP contribution >= 0.6 is 0 Å². The Morgan fingerprint density at radius 3 is 1.50 bits per heavy atom. The minimum Gasteiger partial charge on any atom is -0.497 e. The molecule has 0 radical (unpaired) electrons. The van der Waals surface area contributed by atoms with Gasteiger partial charge in [0.25, 0.3) is 0 Å². The Morgan fingerprint density at radius 1 is 0.750 bits per heavy atom. The summed E-state index contributed by atoms with van der Waals surface area (Å²) in [5, 5.41) is 0. The van der Waals surface area contributed by atoms with Gasteiger partial charge in [-0.1, -0.05) is 24.3 Å². The summed E-state index contributed by atoms with van der Waals surface area (Å²) < 4.78 is 21.7. The largest absolute Gasteiger partial charge is 0.509 e. The second-order valence-corrected chi connectivity index (χ2v) is 8.03. The lowest BCUT2D eigenvalue weighted by Crippen LogP contribution is -2.36. The summed E-state index contributed by atoms with van der Waals surface area (Å²) in [4.78, 5) is 12.4. The minimum atomic E-state index is -0.713. The highest BCUT2D eigenvalue weighted by atomic mass is 16.7. The predicted molar refractivity (Wildman–Crippen MR) is 109 cm³/mol. The number of benzene rings is 2. The summed E-state index contributed by atoms with van der Waals surface area (Å²) in [7, 11) is 3.26. The third-order valence-electron chi connectivity index (χ3n) is 4.25. The normalized spacial score (nSPS) is 11.6. The van der Waals surface area contributed by atoms with E-state index >= 15 is 0 Å². The van der Waals surface area contributed by atoms with Gasteiger partial charge >= 0.3 is 6.16 Å². The predicted octanol–water partition coefficient (Wildman–Crippen LogP) is 5.20. The number of carbonyl (C=O) groups excluding carboxylic acids is 1. The lowest BCUT2D eigenvalue weighted by atomic mass is 9.98. The number of hydrogen-bond acceptors (Lipinski definition) is 5. The molecule has 0 saturated heterocycles. The smallest absolute Gasteiger partial charge is 0.497 e. The Labute approximate surface area is 167 Å². The molecule has 0 unspecified atom stereocenters. The van der Waals surface area contributed by atoms with E-state index in [0.717, 1.165) is 22.6 Å². The van der Waals surface area contributed by atoms with Gasteiger partial charge in [0.2, 0.25) is 0 Å². The number of hydrogen-bond donors (Lipinski definition) is 0. The molecular formula is C23H30O5. The van der Waals surface area contributed by atoms with E-state index in [-0.39, 0.29) is 0 Å². The van der Waals surface area contributed by atoms with Crippen LogP contribution in [0.15, 0.2) is 48.5 Å². The van der Waals surface area contributed by atoms with Gasteiger partial charge in [-0.25, -0.2) is 4.79 Å². The molecule has 2 aromatic carbocycles. The summed E-state index contributed by atoms with van der Waals surface area (Å²) in [6, 6.07) is 15.4. The van der Waals surface area contributed by atoms with Crippen LogP contribution in [0.25, 0.3) is 0 Å². The molecule has 28 heavy (non-hydrogen) atoms. The van der Waals surface area contributed by atoms with Crippen molar-refractivity contribution in [2.45, 2.75) is 51.7 Å². The Hall–Kier alpha value is -2.69. The lowest BCUT2D eigenvalue weighted by Gasteiger charge is -2.29. The van der Waals surface area contributed by atoms with Crippen molar-refractivity contribution >= 4 is 6.16 Å². The molecule has 0 spiro atoms. The van der Waals surface area contributed by atoms with E-state index in [9.17, 15) is 4.79 Å². The first-order valence-electron chi connectivity index (χ1n) is 9.30. The van der Waals surface area contributed by atoms with Gasteiger partial charge in [-0.2, -0.15) is 0 Å². The average molecular weight is 386 g/mol. The summed E-state index contributed by atoms with van der Waals surface area (Å²) in [5.41, 5.74) is 0.617. The van der Waals surface area contributed by atoms with Crippen molar-refractivity contribution in [1.82, 2.24) is 0 Å². The second kappa shape index (κ2) is 9.00. The molecule has 0 saturated carbocycles. The van der Waals surface area contributed by atoms with Gasteiger partial charge in [0.05, 0.1) is 14.2 Å². The van der Waals surface area contributed by atoms with Crippen molar-refractivity contribution in [1.29, 1.82) is 0 Å². The third kappa shape index (κ3) is 6.80. The van der Waals surface area contributed by atoms with E-state index in [0.29, 0.717) is 12.8 Å². The lowest BCUT2D eigenvalue weighted by molar-refractivity contribution is -0.0582. The molecule has 0 bridgehead atoms. The zero-order chi connectivity index (χ0) is 20.8. The molecule has 2 aromatic rings. The van der Waals surface area contributed by atoms with Crippen LogP contribution in [0.5, 0.6) is 11.5 Å². The molecular weight excluding hydrogens is 356 g/mol. The van der Waals surface area contributed by atoms with Crippen molar-refractivity contribution in [3.05, 3.63) is 59.7 Å². The van der Waals surface area contributed by atoms with E-state index in [1.165, 1.54) is 0 Å².